The van der Waals surface area contributed by atoms with Gasteiger partial charge in [-0.25, -0.2) is 9.97 Å². The Labute approximate surface area is 170 Å². The van der Waals surface area contributed by atoms with Gasteiger partial charge < -0.3 is 10.6 Å². The number of benzene rings is 2. The van der Waals surface area contributed by atoms with Crippen LogP contribution in [-0.4, -0.2) is 21.7 Å². The number of aromatic nitrogens is 2. The molecule has 0 unspecified atom stereocenters. The summed E-state index contributed by atoms with van der Waals surface area (Å²) in [4.78, 5) is 32.5. The normalized spacial score (nSPS) is 10.4. The van der Waals surface area contributed by atoms with Crippen LogP contribution in [0.1, 0.15) is 52.7 Å². The Balaban J connectivity index is 1.75. The van der Waals surface area contributed by atoms with Gasteiger partial charge in [0.1, 0.15) is 11.5 Å². The van der Waals surface area contributed by atoms with Crippen LogP contribution in [0.3, 0.4) is 0 Å². The molecule has 2 aromatic carbocycles. The van der Waals surface area contributed by atoms with Crippen LogP contribution in [-0.2, 0) is 12.8 Å². The first-order chi connectivity index (χ1) is 14.0. The van der Waals surface area contributed by atoms with Crippen LogP contribution in [0.4, 0.5) is 17.2 Å². The molecule has 0 aliphatic carbocycles. The van der Waals surface area contributed by atoms with Crippen molar-refractivity contribution in [1.82, 2.24) is 9.97 Å². The summed E-state index contributed by atoms with van der Waals surface area (Å²) in [6.45, 7) is 5.71. The number of carbonyl (C=O) groups is 2. The van der Waals surface area contributed by atoms with Gasteiger partial charge >= 0.3 is 0 Å². The van der Waals surface area contributed by atoms with Gasteiger partial charge in [0.25, 0.3) is 5.91 Å². The van der Waals surface area contributed by atoms with Gasteiger partial charge in [0, 0.05) is 16.9 Å². The highest BCUT2D eigenvalue weighted by Crippen LogP contribution is 2.25. The lowest BCUT2D eigenvalue weighted by Crippen LogP contribution is -2.14. The number of anilines is 3. The van der Waals surface area contributed by atoms with Gasteiger partial charge in [0.05, 0.1) is 12.4 Å². The number of nitrogens with zero attached hydrogens (tertiary/aromatic N) is 2. The van der Waals surface area contributed by atoms with E-state index in [0.29, 0.717) is 17.1 Å². The quantitative estimate of drug-likeness (QED) is 0.568. The molecule has 1 heterocycles. The van der Waals surface area contributed by atoms with Crippen LogP contribution in [0.25, 0.3) is 0 Å². The van der Waals surface area contributed by atoms with Crippen molar-refractivity contribution in [3.8, 4) is 0 Å². The van der Waals surface area contributed by atoms with Crippen LogP contribution >= 0.6 is 0 Å². The minimum atomic E-state index is -0.382. The SMILES string of the molecule is CCc1cccc(CC)c1Nc1cnc(C(=O)Nc2cccc(C(C)=O)c2)cn1. The van der Waals surface area contributed by atoms with Crippen molar-refractivity contribution >= 4 is 28.9 Å². The van der Waals surface area contributed by atoms with Crippen molar-refractivity contribution in [2.24, 2.45) is 0 Å². The number of ketones is 1. The molecule has 0 fully saturated rings. The molecule has 3 rings (SSSR count). The van der Waals surface area contributed by atoms with Crippen LogP contribution in [0.2, 0.25) is 0 Å². The van der Waals surface area contributed by atoms with E-state index in [2.05, 4.69) is 52.6 Å². The summed E-state index contributed by atoms with van der Waals surface area (Å²) < 4.78 is 0. The highest BCUT2D eigenvalue weighted by molar-refractivity contribution is 6.03. The Morgan fingerprint density at radius 2 is 1.62 bits per heavy atom. The van der Waals surface area contributed by atoms with Crippen LogP contribution in [0.15, 0.2) is 54.9 Å². The summed E-state index contributed by atoms with van der Waals surface area (Å²) in [5.41, 5.74) is 4.73. The zero-order valence-electron chi connectivity index (χ0n) is 16.8. The van der Waals surface area contributed by atoms with Crippen molar-refractivity contribution in [3.05, 3.63) is 77.2 Å². The minimum Gasteiger partial charge on any atom is -0.338 e. The number of amides is 1. The molecule has 0 saturated heterocycles. The van der Waals surface area contributed by atoms with E-state index in [4.69, 9.17) is 0 Å². The summed E-state index contributed by atoms with van der Waals surface area (Å²) >= 11 is 0. The predicted octanol–water partition coefficient (Wildman–Crippen LogP) is 4.80. The van der Waals surface area contributed by atoms with E-state index in [1.54, 1.807) is 30.5 Å². The number of carbonyl (C=O) groups excluding carboxylic acids is 2. The van der Waals surface area contributed by atoms with Crippen LogP contribution < -0.4 is 10.6 Å². The number of Topliss-reactive ketones (excluding diaryl/α,β-unsaturated/α-hetero) is 1. The first-order valence-corrected chi connectivity index (χ1v) is 9.64. The van der Waals surface area contributed by atoms with Gasteiger partial charge in [-0.2, -0.15) is 0 Å². The van der Waals surface area contributed by atoms with E-state index >= 15 is 0 Å². The van der Waals surface area contributed by atoms with E-state index < -0.39 is 0 Å². The maximum Gasteiger partial charge on any atom is 0.275 e. The smallest absolute Gasteiger partial charge is 0.275 e. The van der Waals surface area contributed by atoms with E-state index in [9.17, 15) is 9.59 Å². The molecule has 3 aromatic rings. The minimum absolute atomic E-state index is 0.0601. The second-order valence-electron chi connectivity index (χ2n) is 6.66. The zero-order chi connectivity index (χ0) is 20.8. The third-order valence-corrected chi connectivity index (χ3v) is 4.66. The molecule has 2 N–H and O–H groups in total. The Morgan fingerprint density at radius 3 is 2.21 bits per heavy atom. The molecule has 0 bridgehead atoms. The Bertz CT molecular complexity index is 1010. The zero-order valence-corrected chi connectivity index (χ0v) is 16.8. The lowest BCUT2D eigenvalue weighted by Gasteiger charge is -2.14. The average Bonchev–Trinajstić information content (AvgIpc) is 2.74. The molecular formula is C23H24N4O2. The van der Waals surface area contributed by atoms with Gasteiger partial charge in [-0.1, -0.05) is 44.2 Å². The van der Waals surface area contributed by atoms with E-state index in [0.717, 1.165) is 18.5 Å². The Morgan fingerprint density at radius 1 is 0.931 bits per heavy atom. The molecule has 0 atom stereocenters. The third kappa shape index (κ3) is 4.85. The highest BCUT2D eigenvalue weighted by atomic mass is 16.2. The van der Waals surface area contributed by atoms with Gasteiger partial charge in [0.15, 0.2) is 5.78 Å². The molecule has 6 nitrogen and oxygen atoms in total. The molecular weight excluding hydrogens is 364 g/mol. The summed E-state index contributed by atoms with van der Waals surface area (Å²) in [5, 5.41) is 6.08. The number of aryl methyl sites for hydroxylation is 2. The molecule has 0 radical (unpaired) electrons. The van der Waals surface area contributed by atoms with Crippen molar-refractivity contribution < 1.29 is 9.59 Å². The second kappa shape index (κ2) is 9.10. The summed E-state index contributed by atoms with van der Waals surface area (Å²) in [6.07, 6.45) is 4.80. The fraction of sp³-hybridized carbons (Fsp3) is 0.217. The van der Waals surface area contributed by atoms with Crippen LogP contribution in [0, 0.1) is 0 Å². The molecule has 0 saturated carbocycles. The van der Waals surface area contributed by atoms with E-state index in [1.807, 2.05) is 0 Å². The Hall–Kier alpha value is -3.54. The summed E-state index contributed by atoms with van der Waals surface area (Å²) in [6, 6.07) is 13.0. The van der Waals surface area contributed by atoms with Gasteiger partial charge in [0.2, 0.25) is 0 Å². The van der Waals surface area contributed by atoms with Gasteiger partial charge in [-0.3, -0.25) is 9.59 Å². The number of hydrogen-bond donors (Lipinski definition) is 2. The standard InChI is InChI=1S/C23H24N4O2/c1-4-16-8-6-9-17(5-2)22(16)27-21-14-24-20(13-25-21)23(29)26-19-11-7-10-18(12-19)15(3)28/h6-14H,4-5H2,1-3H3,(H,25,27)(H,26,29). The summed E-state index contributed by atoms with van der Waals surface area (Å²) in [7, 11) is 0. The maximum absolute atomic E-state index is 12.4. The number of rotatable bonds is 7. The topological polar surface area (TPSA) is 84.0 Å². The Kier molecular flexibility index (Phi) is 6.34. The summed E-state index contributed by atoms with van der Waals surface area (Å²) in [5.74, 6) is 0.138. The molecule has 29 heavy (non-hydrogen) atoms. The molecule has 148 valence electrons. The maximum atomic E-state index is 12.4. The second-order valence-corrected chi connectivity index (χ2v) is 6.66. The van der Waals surface area contributed by atoms with Gasteiger partial charge in [-0.15, -0.1) is 0 Å². The van der Waals surface area contributed by atoms with E-state index in [-0.39, 0.29) is 17.4 Å². The number of nitrogens with one attached hydrogen (secondary N) is 2. The first kappa shape index (κ1) is 20.2. The molecule has 0 aliphatic heterocycles. The molecule has 1 aromatic heterocycles. The van der Waals surface area contributed by atoms with E-state index in [1.165, 1.54) is 24.2 Å². The fourth-order valence-corrected chi connectivity index (χ4v) is 3.05. The van der Waals surface area contributed by atoms with Crippen molar-refractivity contribution in [2.75, 3.05) is 10.6 Å². The molecule has 6 heteroatoms. The molecule has 0 aliphatic rings. The largest absolute Gasteiger partial charge is 0.338 e. The van der Waals surface area contributed by atoms with Crippen molar-refractivity contribution in [2.45, 2.75) is 33.6 Å². The monoisotopic (exact) mass is 388 g/mol. The molecule has 0 spiro atoms. The first-order valence-electron chi connectivity index (χ1n) is 9.64. The lowest BCUT2D eigenvalue weighted by molar-refractivity contribution is 0.100. The van der Waals surface area contributed by atoms with Crippen molar-refractivity contribution in [3.63, 3.8) is 0 Å². The highest BCUT2D eigenvalue weighted by Gasteiger charge is 2.11. The third-order valence-electron chi connectivity index (χ3n) is 4.66. The number of hydrogen-bond acceptors (Lipinski definition) is 5. The fourth-order valence-electron chi connectivity index (χ4n) is 3.05. The lowest BCUT2D eigenvalue weighted by atomic mass is 10.0. The predicted molar refractivity (Wildman–Crippen MR) is 115 cm³/mol. The molecule has 1 amide bonds. The van der Waals surface area contributed by atoms with Crippen LogP contribution in [0.5, 0.6) is 0 Å². The van der Waals surface area contributed by atoms with Gasteiger partial charge in [-0.05, 0) is 43.0 Å². The number of para-hydroxylation sites is 1. The average molecular weight is 388 g/mol. The van der Waals surface area contributed by atoms with Crippen molar-refractivity contribution in [1.29, 1.82) is 0 Å².